The standard InChI is InChI=1S/C23H31BN2O5/c1-7-20(23(3,4)5)26(22(28)16-12-10-14-19(31-6)15(16)2)25-21(27)17-11-8-9-13-18(17)24(29)30/h8-14,20,29-30H,7H2,1-6H3,(H,25,27). The second kappa shape index (κ2) is 9.98. The number of nitrogens with one attached hydrogen (secondary N) is 1. The van der Waals surface area contributed by atoms with Gasteiger partial charge in [0.05, 0.1) is 13.2 Å². The Morgan fingerprint density at radius 2 is 1.71 bits per heavy atom. The Kier molecular flexibility index (Phi) is 7.87. The number of hydrazine groups is 1. The number of carbonyl (C=O) groups is 2. The molecule has 0 spiro atoms. The van der Waals surface area contributed by atoms with Crippen molar-refractivity contribution in [2.45, 2.75) is 47.1 Å². The van der Waals surface area contributed by atoms with Gasteiger partial charge in [0.25, 0.3) is 11.8 Å². The highest BCUT2D eigenvalue weighted by Gasteiger charge is 2.35. The molecule has 0 aromatic heterocycles. The SMILES string of the molecule is CCC(N(NC(=O)c1ccccc1B(O)O)C(=O)c1cccc(OC)c1C)C(C)(C)C. The number of carbonyl (C=O) groups excluding carboxylic acids is 2. The molecule has 0 aliphatic rings. The van der Waals surface area contributed by atoms with Crippen molar-refractivity contribution in [3.63, 3.8) is 0 Å². The zero-order valence-electron chi connectivity index (χ0n) is 19.0. The first-order chi connectivity index (χ1) is 14.5. The van der Waals surface area contributed by atoms with Gasteiger partial charge in [0.15, 0.2) is 0 Å². The largest absolute Gasteiger partial charge is 0.496 e. The lowest BCUT2D eigenvalue weighted by atomic mass is 9.77. The summed E-state index contributed by atoms with van der Waals surface area (Å²) in [7, 11) is -0.270. The fourth-order valence-corrected chi connectivity index (χ4v) is 3.75. The van der Waals surface area contributed by atoms with Crippen LogP contribution in [0.4, 0.5) is 0 Å². The fourth-order valence-electron chi connectivity index (χ4n) is 3.75. The zero-order valence-corrected chi connectivity index (χ0v) is 19.0. The molecule has 3 N–H and O–H groups in total. The van der Waals surface area contributed by atoms with Gasteiger partial charge >= 0.3 is 7.12 Å². The second-order valence-electron chi connectivity index (χ2n) is 8.50. The van der Waals surface area contributed by atoms with Gasteiger partial charge in [0, 0.05) is 16.7 Å². The molecule has 0 radical (unpaired) electrons. The summed E-state index contributed by atoms with van der Waals surface area (Å²) in [6.45, 7) is 9.74. The van der Waals surface area contributed by atoms with E-state index >= 15 is 0 Å². The van der Waals surface area contributed by atoms with Crippen LogP contribution in [0.3, 0.4) is 0 Å². The van der Waals surface area contributed by atoms with E-state index in [2.05, 4.69) is 5.43 Å². The monoisotopic (exact) mass is 426 g/mol. The van der Waals surface area contributed by atoms with Gasteiger partial charge in [0.2, 0.25) is 0 Å². The first kappa shape index (κ1) is 24.4. The molecule has 0 aliphatic heterocycles. The van der Waals surface area contributed by atoms with Crippen LogP contribution in [0.1, 0.15) is 60.4 Å². The Hall–Kier alpha value is -2.84. The van der Waals surface area contributed by atoms with Crippen molar-refractivity contribution in [2.75, 3.05) is 7.11 Å². The van der Waals surface area contributed by atoms with Crippen LogP contribution >= 0.6 is 0 Å². The molecule has 166 valence electrons. The van der Waals surface area contributed by atoms with Crippen molar-refractivity contribution in [1.29, 1.82) is 0 Å². The van der Waals surface area contributed by atoms with Crippen LogP contribution in [0.2, 0.25) is 0 Å². The van der Waals surface area contributed by atoms with Gasteiger partial charge in [-0.15, -0.1) is 0 Å². The van der Waals surface area contributed by atoms with Crippen LogP contribution in [0.5, 0.6) is 5.75 Å². The van der Waals surface area contributed by atoms with E-state index in [1.807, 2.05) is 27.7 Å². The Morgan fingerprint density at radius 3 is 2.26 bits per heavy atom. The van der Waals surface area contributed by atoms with Gasteiger partial charge in [0.1, 0.15) is 5.75 Å². The molecule has 0 fully saturated rings. The molecule has 1 atom stereocenters. The van der Waals surface area contributed by atoms with Crippen LogP contribution in [0.15, 0.2) is 42.5 Å². The maximum Gasteiger partial charge on any atom is 0.489 e. The maximum atomic E-state index is 13.6. The number of ether oxygens (including phenoxy) is 1. The van der Waals surface area contributed by atoms with Crippen LogP contribution in [0.25, 0.3) is 0 Å². The van der Waals surface area contributed by atoms with Gasteiger partial charge < -0.3 is 14.8 Å². The molecule has 0 heterocycles. The van der Waals surface area contributed by atoms with Crippen LogP contribution in [-0.4, -0.2) is 47.1 Å². The molecule has 0 saturated heterocycles. The van der Waals surface area contributed by atoms with E-state index in [0.717, 1.165) is 0 Å². The highest BCUT2D eigenvalue weighted by Crippen LogP contribution is 2.29. The quantitative estimate of drug-likeness (QED) is 0.486. The number of benzene rings is 2. The summed E-state index contributed by atoms with van der Waals surface area (Å²) < 4.78 is 5.35. The number of rotatable bonds is 6. The van der Waals surface area contributed by atoms with Crippen molar-refractivity contribution in [3.8, 4) is 5.75 Å². The van der Waals surface area contributed by atoms with Gasteiger partial charge in [-0.05, 0) is 42.4 Å². The second-order valence-corrected chi connectivity index (χ2v) is 8.50. The molecule has 1 unspecified atom stereocenters. The van der Waals surface area contributed by atoms with Gasteiger partial charge in [-0.2, -0.15) is 0 Å². The molecule has 7 nitrogen and oxygen atoms in total. The third kappa shape index (κ3) is 5.45. The van der Waals surface area contributed by atoms with Crippen LogP contribution in [-0.2, 0) is 0 Å². The first-order valence-electron chi connectivity index (χ1n) is 10.3. The van der Waals surface area contributed by atoms with Crippen molar-refractivity contribution in [2.24, 2.45) is 5.41 Å². The lowest BCUT2D eigenvalue weighted by molar-refractivity contribution is 0.0284. The smallest absolute Gasteiger partial charge is 0.489 e. The van der Waals surface area contributed by atoms with Crippen molar-refractivity contribution >= 4 is 24.4 Å². The highest BCUT2D eigenvalue weighted by molar-refractivity contribution is 6.60. The summed E-state index contributed by atoms with van der Waals surface area (Å²) in [5, 5.41) is 20.6. The lowest BCUT2D eigenvalue weighted by Gasteiger charge is -2.39. The number of methoxy groups -OCH3 is 1. The third-order valence-electron chi connectivity index (χ3n) is 5.36. The van der Waals surface area contributed by atoms with Gasteiger partial charge in [-0.1, -0.05) is 52.0 Å². The number of amides is 2. The van der Waals surface area contributed by atoms with Gasteiger partial charge in [-0.3, -0.25) is 15.0 Å². The minimum Gasteiger partial charge on any atom is -0.496 e. The van der Waals surface area contributed by atoms with E-state index in [4.69, 9.17) is 4.74 Å². The summed E-state index contributed by atoms with van der Waals surface area (Å²) in [5.41, 5.74) is 3.63. The summed E-state index contributed by atoms with van der Waals surface area (Å²) in [4.78, 5) is 26.7. The topological polar surface area (TPSA) is 99.1 Å². The number of nitrogens with zero attached hydrogens (tertiary/aromatic N) is 1. The maximum absolute atomic E-state index is 13.6. The van der Waals surface area contributed by atoms with E-state index < -0.39 is 13.0 Å². The minimum absolute atomic E-state index is 0.0637. The molecule has 0 bridgehead atoms. The third-order valence-corrected chi connectivity index (χ3v) is 5.36. The van der Waals surface area contributed by atoms with E-state index in [9.17, 15) is 19.6 Å². The van der Waals surface area contributed by atoms with E-state index in [0.29, 0.717) is 23.3 Å². The molecule has 2 amide bonds. The summed E-state index contributed by atoms with van der Waals surface area (Å²) >= 11 is 0. The Morgan fingerprint density at radius 1 is 1.10 bits per heavy atom. The molecule has 2 aromatic carbocycles. The van der Waals surface area contributed by atoms with Crippen molar-refractivity contribution < 1.29 is 24.4 Å². The van der Waals surface area contributed by atoms with E-state index in [1.165, 1.54) is 24.3 Å². The average Bonchev–Trinajstić information content (AvgIpc) is 2.72. The normalized spacial score (nSPS) is 12.1. The average molecular weight is 426 g/mol. The molecule has 31 heavy (non-hydrogen) atoms. The van der Waals surface area contributed by atoms with Crippen LogP contribution in [0, 0.1) is 12.3 Å². The lowest BCUT2D eigenvalue weighted by Crippen LogP contribution is -2.57. The Labute approximate surface area is 184 Å². The number of hydrogen-bond donors (Lipinski definition) is 3. The molecule has 2 aromatic rings. The Bertz CT molecular complexity index is 940. The number of hydrogen-bond acceptors (Lipinski definition) is 5. The van der Waals surface area contributed by atoms with Crippen molar-refractivity contribution in [1.82, 2.24) is 10.4 Å². The van der Waals surface area contributed by atoms with Crippen LogP contribution < -0.4 is 15.6 Å². The van der Waals surface area contributed by atoms with Gasteiger partial charge in [-0.25, -0.2) is 5.01 Å². The van der Waals surface area contributed by atoms with E-state index in [-0.39, 0.29) is 28.4 Å². The van der Waals surface area contributed by atoms with E-state index in [1.54, 1.807) is 37.3 Å². The Balaban J connectivity index is 2.52. The van der Waals surface area contributed by atoms with Crippen molar-refractivity contribution in [3.05, 3.63) is 59.2 Å². The molecular weight excluding hydrogens is 395 g/mol. The predicted octanol–water partition coefficient (Wildman–Crippen LogP) is 2.30. The highest BCUT2D eigenvalue weighted by atomic mass is 16.5. The summed E-state index contributed by atoms with van der Waals surface area (Å²) in [6.07, 6.45) is 0.600. The summed E-state index contributed by atoms with van der Waals surface area (Å²) in [6, 6.07) is 11.1. The molecule has 0 saturated carbocycles. The molecule has 8 heteroatoms. The molecule has 0 aliphatic carbocycles. The fraction of sp³-hybridized carbons (Fsp3) is 0.391. The zero-order chi connectivity index (χ0) is 23.3. The molecular formula is C23H31BN2O5. The first-order valence-corrected chi connectivity index (χ1v) is 10.3. The molecule has 2 rings (SSSR count). The summed E-state index contributed by atoms with van der Waals surface area (Å²) in [5.74, 6) is -0.386. The predicted molar refractivity (Wildman–Crippen MR) is 121 cm³/mol. The minimum atomic E-state index is -1.81.